The predicted octanol–water partition coefficient (Wildman–Crippen LogP) is 3.17. The van der Waals surface area contributed by atoms with Crippen LogP contribution in [0.5, 0.6) is 17.2 Å². The van der Waals surface area contributed by atoms with Crippen LogP contribution in [0.4, 0.5) is 0 Å². The van der Waals surface area contributed by atoms with Gasteiger partial charge in [0.1, 0.15) is 0 Å². The fourth-order valence-corrected chi connectivity index (χ4v) is 3.97. The molecule has 144 valence electrons. The molecule has 1 atom stereocenters. The van der Waals surface area contributed by atoms with Gasteiger partial charge in [-0.3, -0.25) is 0 Å². The number of rotatable bonds is 5. The third-order valence-corrected chi connectivity index (χ3v) is 5.32. The van der Waals surface area contributed by atoms with E-state index < -0.39 is 0 Å². The molecule has 3 aromatic rings. The van der Waals surface area contributed by atoms with E-state index in [1.54, 1.807) is 13.3 Å². The molecule has 0 fully saturated rings. The Hall–Kier alpha value is -3.06. The molecule has 7 heteroatoms. The molecule has 1 unspecified atom stereocenters. The van der Waals surface area contributed by atoms with Crippen molar-refractivity contribution >= 4 is 0 Å². The van der Waals surface area contributed by atoms with Crippen LogP contribution in [0.2, 0.25) is 0 Å². The molecule has 28 heavy (non-hydrogen) atoms. The van der Waals surface area contributed by atoms with E-state index in [1.807, 2.05) is 41.2 Å². The number of ether oxygens (including phenoxy) is 3. The van der Waals surface area contributed by atoms with E-state index in [1.165, 1.54) is 11.3 Å². The Bertz CT molecular complexity index is 987. The molecule has 1 aliphatic carbocycles. The lowest BCUT2D eigenvalue weighted by molar-refractivity contribution is 0.171. The molecule has 3 heterocycles. The lowest BCUT2D eigenvalue weighted by Crippen LogP contribution is -2.25. The fraction of sp³-hybridized carbons (Fsp3) is 0.333. The fourth-order valence-electron chi connectivity index (χ4n) is 3.97. The van der Waals surface area contributed by atoms with Gasteiger partial charge in [-0.15, -0.1) is 0 Å². The van der Waals surface area contributed by atoms with Gasteiger partial charge in [0.05, 0.1) is 19.0 Å². The standard InChI is InChI=1S/C21H22N4O3/c1-26-18-9-14(10-19-21(18)28-13-27-19)11-23-16-5-4-6-17-15(16)12-24-25(17)20-7-2-3-8-22-20/h2-3,7-10,12,16,23H,4-6,11,13H2,1H3. The maximum absolute atomic E-state index is 5.53. The van der Waals surface area contributed by atoms with Crippen LogP contribution in [0.3, 0.4) is 0 Å². The van der Waals surface area contributed by atoms with E-state index in [-0.39, 0.29) is 12.8 Å². The van der Waals surface area contributed by atoms with Gasteiger partial charge in [-0.25, -0.2) is 9.67 Å². The number of pyridine rings is 1. The minimum Gasteiger partial charge on any atom is -0.493 e. The highest BCUT2D eigenvalue weighted by molar-refractivity contribution is 5.55. The van der Waals surface area contributed by atoms with Crippen molar-refractivity contribution in [3.8, 4) is 23.1 Å². The molecular formula is C21H22N4O3. The van der Waals surface area contributed by atoms with Crippen molar-refractivity contribution < 1.29 is 14.2 Å². The largest absolute Gasteiger partial charge is 0.493 e. The third-order valence-electron chi connectivity index (χ3n) is 5.32. The molecule has 0 radical (unpaired) electrons. The monoisotopic (exact) mass is 378 g/mol. The van der Waals surface area contributed by atoms with Gasteiger partial charge in [0.25, 0.3) is 0 Å². The minimum atomic E-state index is 0.237. The van der Waals surface area contributed by atoms with Crippen molar-refractivity contribution in [2.24, 2.45) is 0 Å². The first-order chi connectivity index (χ1) is 13.8. The van der Waals surface area contributed by atoms with Crippen LogP contribution in [0.15, 0.2) is 42.7 Å². The molecule has 1 aromatic carbocycles. The van der Waals surface area contributed by atoms with E-state index in [4.69, 9.17) is 14.2 Å². The summed E-state index contributed by atoms with van der Waals surface area (Å²) in [7, 11) is 1.65. The van der Waals surface area contributed by atoms with Crippen LogP contribution < -0.4 is 19.5 Å². The maximum atomic E-state index is 5.53. The topological polar surface area (TPSA) is 70.4 Å². The van der Waals surface area contributed by atoms with Gasteiger partial charge in [-0.1, -0.05) is 6.07 Å². The quantitative estimate of drug-likeness (QED) is 0.735. The molecule has 2 aliphatic rings. The van der Waals surface area contributed by atoms with Gasteiger partial charge >= 0.3 is 0 Å². The number of benzene rings is 1. The van der Waals surface area contributed by atoms with Crippen LogP contribution in [-0.4, -0.2) is 28.7 Å². The normalized spacial score (nSPS) is 17.4. The van der Waals surface area contributed by atoms with Crippen LogP contribution >= 0.6 is 0 Å². The summed E-state index contributed by atoms with van der Waals surface area (Å²) >= 11 is 0. The van der Waals surface area contributed by atoms with Crippen LogP contribution in [0.1, 0.15) is 35.7 Å². The summed E-state index contributed by atoms with van der Waals surface area (Å²) in [6.07, 6.45) is 6.99. The van der Waals surface area contributed by atoms with Crippen molar-refractivity contribution in [3.63, 3.8) is 0 Å². The number of nitrogens with zero attached hydrogens (tertiary/aromatic N) is 3. The highest BCUT2D eigenvalue weighted by atomic mass is 16.7. The molecule has 0 spiro atoms. The van der Waals surface area contributed by atoms with Gasteiger partial charge in [-0.05, 0) is 49.1 Å². The maximum Gasteiger partial charge on any atom is 0.231 e. The average Bonchev–Trinajstić information content (AvgIpc) is 3.39. The summed E-state index contributed by atoms with van der Waals surface area (Å²) in [4.78, 5) is 4.44. The summed E-state index contributed by atoms with van der Waals surface area (Å²) in [6.45, 7) is 0.952. The molecule has 2 aromatic heterocycles. The van der Waals surface area contributed by atoms with Crippen molar-refractivity contribution in [2.75, 3.05) is 13.9 Å². The number of fused-ring (bicyclic) bond motifs is 2. The molecular weight excluding hydrogens is 356 g/mol. The third kappa shape index (κ3) is 2.97. The summed E-state index contributed by atoms with van der Waals surface area (Å²) in [5.41, 5.74) is 3.60. The summed E-state index contributed by atoms with van der Waals surface area (Å²) in [5, 5.41) is 8.28. The van der Waals surface area contributed by atoms with Gasteiger partial charge in [0.2, 0.25) is 12.5 Å². The van der Waals surface area contributed by atoms with E-state index in [0.717, 1.165) is 36.4 Å². The second kappa shape index (κ2) is 7.16. The minimum absolute atomic E-state index is 0.237. The molecule has 7 nitrogen and oxygen atoms in total. The van der Waals surface area contributed by atoms with Crippen LogP contribution in [0, 0.1) is 0 Å². The first-order valence-corrected chi connectivity index (χ1v) is 9.51. The Labute approximate surface area is 163 Å². The Kier molecular flexibility index (Phi) is 4.37. The van der Waals surface area contributed by atoms with Gasteiger partial charge < -0.3 is 19.5 Å². The zero-order valence-electron chi connectivity index (χ0n) is 15.7. The number of hydrogen-bond donors (Lipinski definition) is 1. The number of aromatic nitrogens is 3. The van der Waals surface area contributed by atoms with E-state index >= 15 is 0 Å². The molecule has 0 saturated carbocycles. The predicted molar refractivity (Wildman–Crippen MR) is 103 cm³/mol. The number of hydrogen-bond acceptors (Lipinski definition) is 6. The SMILES string of the molecule is COc1cc(CNC2CCCc3c2cnn3-c2ccccn2)cc2c1OCO2. The van der Waals surface area contributed by atoms with E-state index in [9.17, 15) is 0 Å². The second-order valence-electron chi connectivity index (χ2n) is 7.00. The first kappa shape index (κ1) is 17.1. The Morgan fingerprint density at radius 2 is 2.25 bits per heavy atom. The average molecular weight is 378 g/mol. The zero-order valence-corrected chi connectivity index (χ0v) is 15.7. The first-order valence-electron chi connectivity index (χ1n) is 9.51. The molecule has 0 bridgehead atoms. The van der Waals surface area contributed by atoms with Crippen molar-refractivity contribution in [2.45, 2.75) is 31.8 Å². The van der Waals surface area contributed by atoms with Gasteiger partial charge in [-0.2, -0.15) is 5.10 Å². The summed E-state index contributed by atoms with van der Waals surface area (Å²) in [6, 6.07) is 10.2. The van der Waals surface area contributed by atoms with Gasteiger partial charge in [0, 0.05) is 24.3 Å². The molecule has 0 saturated heterocycles. The Balaban J connectivity index is 1.37. The highest BCUT2D eigenvalue weighted by Gasteiger charge is 2.25. The highest BCUT2D eigenvalue weighted by Crippen LogP contribution is 2.42. The molecule has 1 N–H and O–H groups in total. The van der Waals surface area contributed by atoms with E-state index in [2.05, 4.69) is 15.4 Å². The van der Waals surface area contributed by atoms with Crippen molar-refractivity contribution in [1.29, 1.82) is 0 Å². The summed E-state index contributed by atoms with van der Waals surface area (Å²) < 4.78 is 18.4. The van der Waals surface area contributed by atoms with Crippen molar-refractivity contribution in [1.82, 2.24) is 20.1 Å². The lowest BCUT2D eigenvalue weighted by atomic mass is 9.92. The van der Waals surface area contributed by atoms with Crippen LogP contribution in [0.25, 0.3) is 5.82 Å². The smallest absolute Gasteiger partial charge is 0.231 e. The van der Waals surface area contributed by atoms with E-state index in [0.29, 0.717) is 18.0 Å². The lowest BCUT2D eigenvalue weighted by Gasteiger charge is -2.24. The summed E-state index contributed by atoms with van der Waals surface area (Å²) in [5.74, 6) is 3.00. The molecule has 5 rings (SSSR count). The molecule has 0 amide bonds. The zero-order chi connectivity index (χ0) is 18.9. The van der Waals surface area contributed by atoms with Crippen molar-refractivity contribution in [3.05, 3.63) is 59.5 Å². The Morgan fingerprint density at radius 3 is 3.11 bits per heavy atom. The molecule has 1 aliphatic heterocycles. The van der Waals surface area contributed by atoms with Gasteiger partial charge in [0.15, 0.2) is 17.3 Å². The van der Waals surface area contributed by atoms with Crippen LogP contribution in [-0.2, 0) is 13.0 Å². The Morgan fingerprint density at radius 1 is 1.29 bits per heavy atom. The number of nitrogens with one attached hydrogen (secondary N) is 1. The second-order valence-corrected chi connectivity index (χ2v) is 7.00. The number of methoxy groups -OCH3 is 1.